The molecule has 394 valence electrons. The highest BCUT2D eigenvalue weighted by molar-refractivity contribution is 5.89. The molecular weight excluding hydrogens is 921 g/mol. The first-order valence-corrected chi connectivity index (χ1v) is 27.9. The van der Waals surface area contributed by atoms with Crippen LogP contribution >= 0.6 is 0 Å². The maximum atomic E-state index is 12.7. The summed E-state index contributed by atoms with van der Waals surface area (Å²) in [5.41, 5.74) is 7.56. The van der Waals surface area contributed by atoms with E-state index in [-0.39, 0.29) is 11.9 Å². The third-order valence-corrected chi connectivity index (χ3v) is 13.3. The number of hydrogen-bond donors (Lipinski definition) is 0. The van der Waals surface area contributed by atoms with E-state index in [0.29, 0.717) is 37.6 Å². The van der Waals surface area contributed by atoms with Crippen molar-refractivity contribution in [2.45, 2.75) is 155 Å². The average molecular weight is 1000 g/mol. The molecule has 0 unspecified atom stereocenters. The number of carbonyl (C=O) groups excluding carboxylic acids is 2. The monoisotopic (exact) mass is 1000 g/mol. The maximum Gasteiger partial charge on any atom is 0.338 e. The molecule has 0 amide bonds. The SMILES string of the molecule is CCCCCCCCOc1ccc(-c2ccc(OCc3ccc(C(=O)OCCCCCCCCCCOC(=O)c4ccc(COc5ccc(-c6ccc(OCCCCCCCC)cc6)cc5)cc4)cc3)cc2)cc1. The van der Waals surface area contributed by atoms with Crippen molar-refractivity contribution in [3.63, 3.8) is 0 Å². The van der Waals surface area contributed by atoms with Crippen molar-refractivity contribution in [2.24, 2.45) is 0 Å². The lowest BCUT2D eigenvalue weighted by molar-refractivity contribution is 0.0487. The number of carbonyl (C=O) groups is 2. The van der Waals surface area contributed by atoms with E-state index in [9.17, 15) is 9.59 Å². The third-order valence-electron chi connectivity index (χ3n) is 13.3. The molecular formula is C66H82O8. The standard InChI is InChI=1S/C66H82O8/c1-3-5-7-9-15-19-47-69-61-39-31-55(32-40-61)57-35-43-63(44-36-57)73-51-53-23-27-59(28-24-53)65(67)71-49-21-17-13-11-12-14-18-22-50-72-66(68)60-29-25-54(26-30-60)52-74-64-45-37-58(38-46-64)56-33-41-62(42-34-56)70-48-20-16-10-8-6-4-2/h23-46H,3-22,47-52H2,1-2H3. The van der Waals surface area contributed by atoms with E-state index in [4.69, 9.17) is 28.4 Å². The molecule has 0 fully saturated rings. The summed E-state index contributed by atoms with van der Waals surface area (Å²) in [6.45, 7) is 7.67. The van der Waals surface area contributed by atoms with E-state index in [1.54, 1.807) is 24.3 Å². The van der Waals surface area contributed by atoms with Gasteiger partial charge in [-0.1, -0.05) is 189 Å². The molecule has 0 saturated heterocycles. The third kappa shape index (κ3) is 21.5. The topological polar surface area (TPSA) is 89.5 Å². The Hall–Kier alpha value is -6.54. The minimum Gasteiger partial charge on any atom is -0.494 e. The van der Waals surface area contributed by atoms with Crippen LogP contribution in [0.1, 0.15) is 174 Å². The number of benzene rings is 6. The van der Waals surface area contributed by atoms with Gasteiger partial charge in [0.1, 0.15) is 36.2 Å². The summed E-state index contributed by atoms with van der Waals surface area (Å²) in [7, 11) is 0. The molecule has 0 aliphatic heterocycles. The van der Waals surface area contributed by atoms with E-state index >= 15 is 0 Å². The minimum atomic E-state index is -0.297. The Morgan fingerprint density at radius 3 is 0.838 bits per heavy atom. The molecule has 0 aliphatic rings. The fourth-order valence-corrected chi connectivity index (χ4v) is 8.69. The van der Waals surface area contributed by atoms with Crippen LogP contribution in [-0.4, -0.2) is 38.4 Å². The number of hydrogen-bond acceptors (Lipinski definition) is 8. The smallest absolute Gasteiger partial charge is 0.338 e. The molecule has 0 aromatic heterocycles. The summed E-state index contributed by atoms with van der Waals surface area (Å²) in [6.07, 6.45) is 23.3. The highest BCUT2D eigenvalue weighted by atomic mass is 16.5. The predicted molar refractivity (Wildman–Crippen MR) is 301 cm³/mol. The maximum absolute atomic E-state index is 12.7. The Labute approximate surface area is 443 Å². The molecule has 0 heterocycles. The summed E-state index contributed by atoms with van der Waals surface area (Å²) < 4.78 is 35.1. The largest absolute Gasteiger partial charge is 0.494 e. The Morgan fingerprint density at radius 1 is 0.284 bits per heavy atom. The van der Waals surface area contributed by atoms with Crippen molar-refractivity contribution in [1.82, 2.24) is 0 Å². The normalized spacial score (nSPS) is 11.0. The highest BCUT2D eigenvalue weighted by Gasteiger charge is 2.10. The van der Waals surface area contributed by atoms with Crippen molar-refractivity contribution < 1.29 is 38.0 Å². The van der Waals surface area contributed by atoms with Crippen molar-refractivity contribution in [2.75, 3.05) is 26.4 Å². The lowest BCUT2D eigenvalue weighted by atomic mass is 10.1. The van der Waals surface area contributed by atoms with E-state index in [1.165, 1.54) is 64.2 Å². The Balaban J connectivity index is 0.737. The average Bonchev–Trinajstić information content (AvgIpc) is 3.44. The molecule has 8 heteroatoms. The van der Waals surface area contributed by atoms with E-state index in [2.05, 4.69) is 62.4 Å². The molecule has 0 bridgehead atoms. The lowest BCUT2D eigenvalue weighted by Crippen LogP contribution is -2.07. The second-order valence-electron chi connectivity index (χ2n) is 19.4. The molecule has 0 N–H and O–H groups in total. The summed E-state index contributed by atoms with van der Waals surface area (Å²) in [5, 5.41) is 0. The summed E-state index contributed by atoms with van der Waals surface area (Å²) in [5.74, 6) is 2.81. The van der Waals surface area contributed by atoms with Crippen LogP contribution in [0.2, 0.25) is 0 Å². The van der Waals surface area contributed by atoms with Crippen molar-refractivity contribution in [3.8, 4) is 45.3 Å². The first kappa shape index (κ1) is 56.8. The van der Waals surface area contributed by atoms with Gasteiger partial charge in [0.25, 0.3) is 0 Å². The second-order valence-corrected chi connectivity index (χ2v) is 19.4. The van der Waals surface area contributed by atoms with Gasteiger partial charge in [-0.25, -0.2) is 9.59 Å². The quantitative estimate of drug-likeness (QED) is 0.0282. The van der Waals surface area contributed by atoms with Crippen LogP contribution in [0.3, 0.4) is 0 Å². The fourth-order valence-electron chi connectivity index (χ4n) is 8.69. The van der Waals surface area contributed by atoms with Crippen LogP contribution in [0, 0.1) is 0 Å². The van der Waals surface area contributed by atoms with Gasteiger partial charge in [-0.2, -0.15) is 0 Å². The zero-order chi connectivity index (χ0) is 51.7. The summed E-state index contributed by atoms with van der Waals surface area (Å²) >= 11 is 0. The minimum absolute atomic E-state index is 0.297. The predicted octanol–water partition coefficient (Wildman–Crippen LogP) is 17.8. The Kier molecular flexibility index (Phi) is 26.1. The molecule has 0 spiro atoms. The van der Waals surface area contributed by atoms with Gasteiger partial charge >= 0.3 is 11.9 Å². The van der Waals surface area contributed by atoms with Crippen LogP contribution in [0.25, 0.3) is 22.3 Å². The molecule has 0 saturated carbocycles. The number of rotatable bonds is 37. The van der Waals surface area contributed by atoms with Crippen molar-refractivity contribution in [1.29, 1.82) is 0 Å². The molecule has 8 nitrogen and oxygen atoms in total. The van der Waals surface area contributed by atoms with Crippen LogP contribution in [0.5, 0.6) is 23.0 Å². The molecule has 6 rings (SSSR count). The van der Waals surface area contributed by atoms with E-state index in [0.717, 1.165) is 134 Å². The number of esters is 2. The zero-order valence-corrected chi connectivity index (χ0v) is 44.5. The van der Waals surface area contributed by atoms with E-state index in [1.807, 2.05) is 72.8 Å². The van der Waals surface area contributed by atoms with Gasteiger partial charge in [-0.05, 0) is 132 Å². The van der Waals surface area contributed by atoms with Crippen LogP contribution in [0.4, 0.5) is 0 Å². The number of ether oxygens (including phenoxy) is 6. The molecule has 0 atom stereocenters. The summed E-state index contributed by atoms with van der Waals surface area (Å²) in [4.78, 5) is 25.3. The van der Waals surface area contributed by atoms with Gasteiger partial charge in [0.15, 0.2) is 0 Å². The van der Waals surface area contributed by atoms with Crippen LogP contribution < -0.4 is 18.9 Å². The summed E-state index contributed by atoms with van der Waals surface area (Å²) in [6, 6.07) is 47.6. The van der Waals surface area contributed by atoms with Gasteiger partial charge < -0.3 is 28.4 Å². The highest BCUT2D eigenvalue weighted by Crippen LogP contribution is 2.27. The molecule has 6 aromatic carbocycles. The Morgan fingerprint density at radius 2 is 0.541 bits per heavy atom. The Bertz CT molecular complexity index is 2250. The zero-order valence-electron chi connectivity index (χ0n) is 44.5. The van der Waals surface area contributed by atoms with Gasteiger partial charge in [0.2, 0.25) is 0 Å². The van der Waals surface area contributed by atoms with Gasteiger partial charge in [-0.15, -0.1) is 0 Å². The second kappa shape index (κ2) is 34.0. The molecule has 74 heavy (non-hydrogen) atoms. The van der Waals surface area contributed by atoms with Crippen LogP contribution in [-0.2, 0) is 22.7 Å². The van der Waals surface area contributed by atoms with Crippen molar-refractivity contribution >= 4 is 11.9 Å². The van der Waals surface area contributed by atoms with Crippen molar-refractivity contribution in [3.05, 3.63) is 168 Å². The molecule has 6 aromatic rings. The first-order chi connectivity index (χ1) is 36.5. The van der Waals surface area contributed by atoms with Gasteiger partial charge in [-0.3, -0.25) is 0 Å². The molecule has 0 radical (unpaired) electrons. The van der Waals surface area contributed by atoms with Crippen LogP contribution in [0.15, 0.2) is 146 Å². The fraction of sp³-hybridized carbons (Fsp3) is 0.424. The lowest BCUT2D eigenvalue weighted by Gasteiger charge is -2.10. The van der Waals surface area contributed by atoms with Gasteiger partial charge in [0.05, 0.1) is 37.6 Å². The molecule has 0 aliphatic carbocycles. The number of unbranched alkanes of at least 4 members (excludes halogenated alkanes) is 17. The van der Waals surface area contributed by atoms with Gasteiger partial charge in [0, 0.05) is 0 Å². The first-order valence-electron chi connectivity index (χ1n) is 27.9. The van der Waals surface area contributed by atoms with E-state index < -0.39 is 0 Å².